The first-order chi connectivity index (χ1) is 16.8. The molecule has 1 fully saturated rings. The molecule has 1 N–H and O–H groups in total. The van der Waals surface area contributed by atoms with E-state index in [-0.39, 0.29) is 12.4 Å². The molecule has 3 heterocycles. The van der Waals surface area contributed by atoms with Crippen LogP contribution in [0.3, 0.4) is 0 Å². The summed E-state index contributed by atoms with van der Waals surface area (Å²) in [5.74, 6) is -0.142. The molecule has 1 saturated carbocycles. The number of hydrogen-bond acceptors (Lipinski definition) is 8. The average Bonchev–Trinajstić information content (AvgIpc) is 3.51. The summed E-state index contributed by atoms with van der Waals surface area (Å²) in [5, 5.41) is 16.1. The molecule has 0 aromatic carbocycles. The number of rotatable bonds is 11. The highest BCUT2D eigenvalue weighted by Crippen LogP contribution is 2.35. The molecule has 1 aliphatic carbocycles. The Morgan fingerprint density at radius 1 is 1.19 bits per heavy atom. The first kappa shape index (κ1) is 28.4. The van der Waals surface area contributed by atoms with Crippen molar-refractivity contribution in [3.05, 3.63) is 47.0 Å². The van der Waals surface area contributed by atoms with Gasteiger partial charge in [-0.1, -0.05) is 37.9 Å². The first-order valence-electron chi connectivity index (χ1n) is 12.3. The van der Waals surface area contributed by atoms with Crippen molar-refractivity contribution < 1.29 is 9.90 Å². The summed E-state index contributed by atoms with van der Waals surface area (Å²) in [5.41, 5.74) is 3.21. The monoisotopic (exact) mass is 550 g/mol. The summed E-state index contributed by atoms with van der Waals surface area (Å²) < 4.78 is 2.01. The maximum Gasteiger partial charge on any atom is 0.319 e. The summed E-state index contributed by atoms with van der Waals surface area (Å²) in [6.45, 7) is 6.88. The largest absolute Gasteiger partial charge is 0.480 e. The van der Waals surface area contributed by atoms with Crippen LogP contribution in [0.15, 0.2) is 34.5 Å². The number of carboxylic acids is 1. The van der Waals surface area contributed by atoms with Gasteiger partial charge >= 0.3 is 5.97 Å². The Kier molecular flexibility index (Phi) is 10.2. The van der Waals surface area contributed by atoms with Crippen LogP contribution in [0.25, 0.3) is 0 Å². The van der Waals surface area contributed by atoms with Gasteiger partial charge in [-0.15, -0.1) is 23.7 Å². The van der Waals surface area contributed by atoms with Crippen molar-refractivity contribution in [1.82, 2.24) is 24.7 Å². The summed E-state index contributed by atoms with van der Waals surface area (Å²) in [4.78, 5) is 27.6. The second kappa shape index (κ2) is 12.9. The molecule has 0 aliphatic heterocycles. The third-order valence-electron chi connectivity index (χ3n) is 6.39. The van der Waals surface area contributed by atoms with Crippen molar-refractivity contribution in [3.8, 4) is 0 Å². The number of thiazole rings is 1. The Bertz CT molecular complexity index is 1110. The number of aryl methyl sites for hydroxylation is 1. The number of anilines is 1. The molecule has 3 aromatic rings. The number of aromatic nitrogens is 5. The van der Waals surface area contributed by atoms with E-state index in [0.717, 1.165) is 34.0 Å². The Labute approximate surface area is 227 Å². The number of aliphatic carboxylic acids is 1. The third kappa shape index (κ3) is 7.43. The second-order valence-electron chi connectivity index (χ2n) is 9.56. The van der Waals surface area contributed by atoms with E-state index in [2.05, 4.69) is 42.8 Å². The van der Waals surface area contributed by atoms with Gasteiger partial charge in [0.25, 0.3) is 0 Å². The molecule has 0 radical (unpaired) electrons. The van der Waals surface area contributed by atoms with Crippen LogP contribution < -0.4 is 4.90 Å². The smallest absolute Gasteiger partial charge is 0.319 e. The predicted molar refractivity (Wildman–Crippen MR) is 147 cm³/mol. The van der Waals surface area contributed by atoms with Gasteiger partial charge in [0, 0.05) is 49.0 Å². The first-order valence-corrected chi connectivity index (χ1v) is 14.0. The molecule has 0 bridgehead atoms. The third-order valence-corrected chi connectivity index (χ3v) is 8.56. The van der Waals surface area contributed by atoms with Crippen LogP contribution >= 0.6 is 35.5 Å². The molecular formula is C25H35ClN6O2S2. The van der Waals surface area contributed by atoms with Gasteiger partial charge in [-0.2, -0.15) is 5.10 Å². The highest BCUT2D eigenvalue weighted by Gasteiger charge is 2.30. The number of thioether (sulfide) groups is 1. The molecule has 0 amide bonds. The fourth-order valence-electron chi connectivity index (χ4n) is 4.13. The second-order valence-corrected chi connectivity index (χ2v) is 12.3. The predicted octanol–water partition coefficient (Wildman–Crippen LogP) is 5.82. The molecular weight excluding hydrogens is 516 g/mol. The minimum Gasteiger partial charge on any atom is -0.480 e. The zero-order chi connectivity index (χ0) is 24.8. The standard InChI is InChI=1S/C25H34N6O2S2.ClH/c1-4-18-12-26-23(27-13-18)30(15-19-14-28-31(16-19)21-8-6-5-7-9-21)11-10-20-17-34-24(29-20)35-25(2,3)22(32)33;/h12-14,16-17,21H,4-11,15H2,1-3H3,(H,32,33);1H. The van der Waals surface area contributed by atoms with Crippen LogP contribution in [0.1, 0.15) is 75.7 Å². The van der Waals surface area contributed by atoms with Gasteiger partial charge in [-0.3, -0.25) is 9.48 Å². The average molecular weight is 551 g/mol. The van der Waals surface area contributed by atoms with Crippen molar-refractivity contribution in [2.75, 3.05) is 11.4 Å². The molecule has 1 aliphatic rings. The number of carboxylic acid groups (broad SMARTS) is 1. The van der Waals surface area contributed by atoms with Crippen LogP contribution in [0.2, 0.25) is 0 Å². The lowest BCUT2D eigenvalue weighted by atomic mass is 9.96. The van der Waals surface area contributed by atoms with Gasteiger partial charge in [0.1, 0.15) is 4.75 Å². The van der Waals surface area contributed by atoms with E-state index in [9.17, 15) is 9.90 Å². The van der Waals surface area contributed by atoms with Crippen LogP contribution in [0.5, 0.6) is 0 Å². The molecule has 0 spiro atoms. The maximum atomic E-state index is 11.5. The molecule has 196 valence electrons. The number of carbonyl (C=O) groups is 1. The number of nitrogens with zero attached hydrogens (tertiary/aromatic N) is 6. The summed E-state index contributed by atoms with van der Waals surface area (Å²) >= 11 is 2.78. The van der Waals surface area contributed by atoms with E-state index in [0.29, 0.717) is 25.1 Å². The number of hydrogen-bond donors (Lipinski definition) is 1. The highest BCUT2D eigenvalue weighted by molar-refractivity contribution is 8.03. The summed E-state index contributed by atoms with van der Waals surface area (Å²) in [6.07, 6.45) is 15.9. The van der Waals surface area contributed by atoms with Crippen molar-refractivity contribution in [2.45, 2.75) is 87.4 Å². The van der Waals surface area contributed by atoms with Crippen LogP contribution in [-0.2, 0) is 24.2 Å². The molecule has 0 atom stereocenters. The molecule has 8 nitrogen and oxygen atoms in total. The molecule has 0 saturated heterocycles. The molecule has 0 unspecified atom stereocenters. The van der Waals surface area contributed by atoms with Gasteiger partial charge in [0.05, 0.1) is 17.9 Å². The SMILES string of the molecule is CCc1cnc(N(CCc2csc(SC(C)(C)C(=O)O)n2)Cc2cnn(C3CCCCC3)c2)nc1.Cl. The van der Waals surface area contributed by atoms with Gasteiger partial charge in [0.2, 0.25) is 5.95 Å². The van der Waals surface area contributed by atoms with Gasteiger partial charge in [0.15, 0.2) is 4.34 Å². The van der Waals surface area contributed by atoms with E-state index >= 15 is 0 Å². The lowest BCUT2D eigenvalue weighted by Crippen LogP contribution is -2.27. The van der Waals surface area contributed by atoms with E-state index in [1.165, 1.54) is 55.2 Å². The van der Waals surface area contributed by atoms with E-state index in [1.807, 2.05) is 24.0 Å². The molecule has 4 rings (SSSR count). The fraction of sp³-hybridized carbons (Fsp3) is 0.560. The minimum absolute atomic E-state index is 0. The van der Waals surface area contributed by atoms with Gasteiger partial charge in [-0.25, -0.2) is 15.0 Å². The van der Waals surface area contributed by atoms with E-state index in [4.69, 9.17) is 0 Å². The van der Waals surface area contributed by atoms with Crippen molar-refractivity contribution in [3.63, 3.8) is 0 Å². The van der Waals surface area contributed by atoms with Crippen LogP contribution in [0.4, 0.5) is 5.95 Å². The maximum absolute atomic E-state index is 11.5. The molecule has 3 aromatic heterocycles. The summed E-state index contributed by atoms with van der Waals surface area (Å²) in [6, 6.07) is 0.506. The quantitative estimate of drug-likeness (QED) is 0.298. The minimum atomic E-state index is -0.908. The van der Waals surface area contributed by atoms with Gasteiger partial charge < -0.3 is 10.0 Å². The Hall–Kier alpha value is -2.17. The van der Waals surface area contributed by atoms with Crippen LogP contribution in [0, 0.1) is 0 Å². The topological polar surface area (TPSA) is 97.0 Å². The Balaban J connectivity index is 0.00000361. The fourth-order valence-corrected chi connectivity index (χ4v) is 6.36. The Morgan fingerprint density at radius 2 is 1.92 bits per heavy atom. The lowest BCUT2D eigenvalue weighted by Gasteiger charge is -2.23. The zero-order valence-corrected chi connectivity index (χ0v) is 23.5. The van der Waals surface area contributed by atoms with Crippen molar-refractivity contribution in [1.29, 1.82) is 0 Å². The normalized spacial score (nSPS) is 14.4. The highest BCUT2D eigenvalue weighted by atomic mass is 35.5. The van der Waals surface area contributed by atoms with Crippen LogP contribution in [-0.4, -0.2) is 47.1 Å². The van der Waals surface area contributed by atoms with Gasteiger partial charge in [-0.05, 0) is 38.7 Å². The van der Waals surface area contributed by atoms with E-state index in [1.54, 1.807) is 13.8 Å². The molecule has 36 heavy (non-hydrogen) atoms. The summed E-state index contributed by atoms with van der Waals surface area (Å²) in [7, 11) is 0. The van der Waals surface area contributed by atoms with E-state index < -0.39 is 10.7 Å². The zero-order valence-electron chi connectivity index (χ0n) is 21.1. The lowest BCUT2D eigenvalue weighted by molar-refractivity contribution is -0.138. The molecule has 11 heteroatoms. The van der Waals surface area contributed by atoms with Crippen molar-refractivity contribution in [2.24, 2.45) is 0 Å². The number of halogens is 1. The Morgan fingerprint density at radius 3 is 2.58 bits per heavy atom. The van der Waals surface area contributed by atoms with Crippen molar-refractivity contribution >= 4 is 47.4 Å².